The van der Waals surface area contributed by atoms with Crippen LogP contribution in [-0.2, 0) is 4.79 Å². The summed E-state index contributed by atoms with van der Waals surface area (Å²) in [6.07, 6.45) is 3.09. The summed E-state index contributed by atoms with van der Waals surface area (Å²) in [5, 5.41) is 5.20. The van der Waals surface area contributed by atoms with Gasteiger partial charge in [0.05, 0.1) is 16.8 Å². The van der Waals surface area contributed by atoms with Gasteiger partial charge >= 0.3 is 0 Å². The van der Waals surface area contributed by atoms with Crippen LogP contribution in [0.4, 0.5) is 5.69 Å². The molecular weight excluding hydrogens is 304 g/mol. The third-order valence-corrected chi connectivity index (χ3v) is 5.38. The zero-order chi connectivity index (χ0) is 17.4. The standard InChI is InChI=1S/C19H24N2O3/c1-10(2)12-8-7-11(3)9-14(12)18(23)20-15-6-4-5-13-16(15)19(24)21-17(13)22/h4-6,10-12,14H,7-9H2,1-3H3,(H,20,23)(H,21,22,24)/t11-,12?,14-/m1/s1. The number of benzene rings is 1. The highest BCUT2D eigenvalue weighted by atomic mass is 16.2. The predicted molar refractivity (Wildman–Crippen MR) is 91.7 cm³/mol. The van der Waals surface area contributed by atoms with Gasteiger partial charge in [-0.25, -0.2) is 0 Å². The van der Waals surface area contributed by atoms with Gasteiger partial charge in [0, 0.05) is 5.92 Å². The Bertz CT molecular complexity index is 696. The van der Waals surface area contributed by atoms with Gasteiger partial charge in [0.25, 0.3) is 11.8 Å². The number of nitrogens with one attached hydrogen (secondary N) is 2. The average Bonchev–Trinajstić information content (AvgIpc) is 2.82. The minimum Gasteiger partial charge on any atom is -0.325 e. The molecule has 5 heteroatoms. The fourth-order valence-electron chi connectivity index (χ4n) is 4.05. The maximum absolute atomic E-state index is 12.9. The molecule has 24 heavy (non-hydrogen) atoms. The number of rotatable bonds is 3. The summed E-state index contributed by atoms with van der Waals surface area (Å²) in [5.74, 6) is 0.390. The number of hydrogen-bond donors (Lipinski definition) is 2. The van der Waals surface area contributed by atoms with Gasteiger partial charge in [-0.05, 0) is 42.7 Å². The maximum Gasteiger partial charge on any atom is 0.261 e. The molecule has 1 unspecified atom stereocenters. The lowest BCUT2D eigenvalue weighted by Gasteiger charge is -2.36. The second-order valence-electron chi connectivity index (χ2n) is 7.43. The topological polar surface area (TPSA) is 75.3 Å². The normalized spacial score (nSPS) is 26.2. The van der Waals surface area contributed by atoms with E-state index in [0.717, 1.165) is 19.3 Å². The van der Waals surface area contributed by atoms with Crippen LogP contribution in [0.15, 0.2) is 18.2 Å². The third kappa shape index (κ3) is 2.95. The van der Waals surface area contributed by atoms with Crippen LogP contribution in [0.1, 0.15) is 60.7 Å². The highest BCUT2D eigenvalue weighted by molar-refractivity contribution is 6.24. The summed E-state index contributed by atoms with van der Waals surface area (Å²) in [4.78, 5) is 36.6. The van der Waals surface area contributed by atoms with Crippen molar-refractivity contribution in [1.29, 1.82) is 0 Å². The van der Waals surface area contributed by atoms with Crippen molar-refractivity contribution in [3.05, 3.63) is 29.3 Å². The molecule has 1 fully saturated rings. The van der Waals surface area contributed by atoms with Gasteiger partial charge in [-0.15, -0.1) is 0 Å². The molecule has 2 aliphatic rings. The minimum absolute atomic E-state index is 0.0409. The Labute approximate surface area is 142 Å². The quantitative estimate of drug-likeness (QED) is 0.837. The van der Waals surface area contributed by atoms with E-state index in [1.807, 2.05) is 0 Å². The van der Waals surface area contributed by atoms with Crippen LogP contribution in [0.25, 0.3) is 0 Å². The average molecular weight is 328 g/mol. The van der Waals surface area contributed by atoms with E-state index < -0.39 is 11.8 Å². The van der Waals surface area contributed by atoms with Crippen molar-refractivity contribution in [2.75, 3.05) is 5.32 Å². The Balaban J connectivity index is 1.85. The molecule has 1 aromatic carbocycles. The molecule has 1 heterocycles. The van der Waals surface area contributed by atoms with Crippen LogP contribution in [0, 0.1) is 23.7 Å². The van der Waals surface area contributed by atoms with Crippen LogP contribution in [0.2, 0.25) is 0 Å². The first-order valence-corrected chi connectivity index (χ1v) is 8.68. The monoisotopic (exact) mass is 328 g/mol. The van der Waals surface area contributed by atoms with Crippen molar-refractivity contribution in [2.24, 2.45) is 23.7 Å². The van der Waals surface area contributed by atoms with E-state index in [4.69, 9.17) is 0 Å². The van der Waals surface area contributed by atoms with Gasteiger partial charge in [-0.3, -0.25) is 19.7 Å². The summed E-state index contributed by atoms with van der Waals surface area (Å²) in [7, 11) is 0. The van der Waals surface area contributed by atoms with Gasteiger partial charge in [0.15, 0.2) is 0 Å². The van der Waals surface area contributed by atoms with E-state index in [9.17, 15) is 14.4 Å². The zero-order valence-corrected chi connectivity index (χ0v) is 14.4. The summed E-state index contributed by atoms with van der Waals surface area (Å²) in [5.41, 5.74) is 1.04. The van der Waals surface area contributed by atoms with Crippen molar-refractivity contribution in [1.82, 2.24) is 5.32 Å². The first kappa shape index (κ1) is 16.7. The number of hydrogen-bond acceptors (Lipinski definition) is 3. The number of imide groups is 1. The van der Waals surface area contributed by atoms with E-state index in [-0.39, 0.29) is 17.4 Å². The molecule has 128 valence electrons. The molecule has 0 spiro atoms. The lowest BCUT2D eigenvalue weighted by Crippen LogP contribution is -2.36. The lowest BCUT2D eigenvalue weighted by molar-refractivity contribution is -0.124. The second-order valence-corrected chi connectivity index (χ2v) is 7.43. The Morgan fingerprint density at radius 2 is 1.96 bits per heavy atom. The van der Waals surface area contributed by atoms with Crippen LogP contribution < -0.4 is 10.6 Å². The molecule has 0 aromatic heterocycles. The molecule has 0 bridgehead atoms. The Hall–Kier alpha value is -2.17. The molecule has 1 aromatic rings. The molecule has 1 aliphatic carbocycles. The number of amides is 3. The lowest BCUT2D eigenvalue weighted by atomic mass is 9.70. The molecule has 1 aliphatic heterocycles. The molecule has 3 amide bonds. The van der Waals surface area contributed by atoms with Crippen LogP contribution in [0.3, 0.4) is 0 Å². The molecule has 2 N–H and O–H groups in total. The maximum atomic E-state index is 12.9. The van der Waals surface area contributed by atoms with Gasteiger partial charge in [0.1, 0.15) is 0 Å². The van der Waals surface area contributed by atoms with Gasteiger partial charge < -0.3 is 5.32 Å². The smallest absolute Gasteiger partial charge is 0.261 e. The number of carbonyl (C=O) groups excluding carboxylic acids is 3. The van der Waals surface area contributed by atoms with Gasteiger partial charge in [0.2, 0.25) is 5.91 Å². The summed E-state index contributed by atoms with van der Waals surface area (Å²) in [6, 6.07) is 4.98. The van der Waals surface area contributed by atoms with Crippen LogP contribution in [0.5, 0.6) is 0 Å². The number of carbonyl (C=O) groups is 3. The third-order valence-electron chi connectivity index (χ3n) is 5.38. The first-order chi connectivity index (χ1) is 11.4. The summed E-state index contributed by atoms with van der Waals surface area (Å²) < 4.78 is 0. The minimum atomic E-state index is -0.441. The second kappa shape index (κ2) is 6.38. The highest BCUT2D eigenvalue weighted by Gasteiger charge is 2.36. The molecule has 0 radical (unpaired) electrons. The molecular formula is C19H24N2O3. The molecule has 1 saturated carbocycles. The summed E-state index contributed by atoms with van der Waals surface area (Å²) >= 11 is 0. The van der Waals surface area contributed by atoms with Crippen molar-refractivity contribution < 1.29 is 14.4 Å². The fraction of sp³-hybridized carbons (Fsp3) is 0.526. The number of anilines is 1. The predicted octanol–water partition coefficient (Wildman–Crippen LogP) is 3.22. The van der Waals surface area contributed by atoms with E-state index >= 15 is 0 Å². The number of fused-ring (bicyclic) bond motifs is 1. The molecule has 5 nitrogen and oxygen atoms in total. The van der Waals surface area contributed by atoms with Gasteiger partial charge in [-0.1, -0.05) is 33.3 Å². The van der Waals surface area contributed by atoms with Crippen LogP contribution in [-0.4, -0.2) is 17.7 Å². The highest BCUT2D eigenvalue weighted by Crippen LogP contribution is 2.39. The molecule has 3 rings (SSSR count). The van der Waals surface area contributed by atoms with E-state index in [1.165, 1.54) is 0 Å². The molecule has 0 saturated heterocycles. The SMILES string of the molecule is CC(C)C1CC[C@@H](C)C[C@H]1C(=O)Nc1cccc2c1C(=O)NC2=O. The first-order valence-electron chi connectivity index (χ1n) is 8.68. The van der Waals surface area contributed by atoms with Crippen molar-refractivity contribution in [2.45, 2.75) is 40.0 Å². The Kier molecular flexibility index (Phi) is 4.43. The van der Waals surface area contributed by atoms with E-state index in [2.05, 4.69) is 31.4 Å². The fourth-order valence-corrected chi connectivity index (χ4v) is 4.05. The largest absolute Gasteiger partial charge is 0.325 e. The van der Waals surface area contributed by atoms with Crippen molar-refractivity contribution in [3.8, 4) is 0 Å². The van der Waals surface area contributed by atoms with Crippen LogP contribution >= 0.6 is 0 Å². The van der Waals surface area contributed by atoms with E-state index in [0.29, 0.717) is 29.0 Å². The van der Waals surface area contributed by atoms with Gasteiger partial charge in [-0.2, -0.15) is 0 Å². The van der Waals surface area contributed by atoms with E-state index in [1.54, 1.807) is 18.2 Å². The Morgan fingerprint density at radius 1 is 1.21 bits per heavy atom. The Morgan fingerprint density at radius 3 is 2.67 bits per heavy atom. The zero-order valence-electron chi connectivity index (χ0n) is 14.4. The van der Waals surface area contributed by atoms with Crippen molar-refractivity contribution in [3.63, 3.8) is 0 Å². The molecule has 3 atom stereocenters. The van der Waals surface area contributed by atoms with Crippen molar-refractivity contribution >= 4 is 23.4 Å². The summed E-state index contributed by atoms with van der Waals surface area (Å²) in [6.45, 7) is 6.50.